The van der Waals surface area contributed by atoms with Gasteiger partial charge < -0.3 is 17.7 Å². The summed E-state index contributed by atoms with van der Waals surface area (Å²) in [4.78, 5) is 10.7. The van der Waals surface area contributed by atoms with E-state index in [1.54, 1.807) is 0 Å². The van der Waals surface area contributed by atoms with E-state index in [1.165, 1.54) is 6.33 Å². The summed E-state index contributed by atoms with van der Waals surface area (Å²) in [5.41, 5.74) is 0. The van der Waals surface area contributed by atoms with Crippen molar-refractivity contribution in [3.63, 3.8) is 0 Å². The van der Waals surface area contributed by atoms with Gasteiger partial charge >= 0.3 is 59.1 Å². The van der Waals surface area contributed by atoms with Gasteiger partial charge in [0, 0.05) is 5.16 Å². The van der Waals surface area contributed by atoms with Crippen LogP contribution in [0.2, 0.25) is 0 Å². The first-order chi connectivity index (χ1) is 5.27. The maximum Gasteiger partial charge on any atom is 1.00 e. The summed E-state index contributed by atoms with van der Waals surface area (Å²) in [5, 5.41) is 14.5. The molecule has 2 aromatic heterocycles. The number of fused-ring (bicyclic) bond motifs is 1. The standard InChI is InChI=1S/C4H3N5OS.2Na/c10-4-8-3(11)7-2-5-1-6-9(2)4;;/h1H,(H2,5,6,7,8,10,11);;/q;2*+1/p-2. The van der Waals surface area contributed by atoms with Crippen molar-refractivity contribution in [2.75, 3.05) is 0 Å². The summed E-state index contributed by atoms with van der Waals surface area (Å²) in [6, 6.07) is -0.544. The second-order valence-electron chi connectivity index (χ2n) is 1.76. The fraction of sp³-hybridized carbons (Fsp3) is 0. The molecular formula is C4HN5Na2OS. The Kier molecular flexibility index (Phi) is 5.61. The molecule has 56 valence electrons. The maximum absolute atomic E-state index is 10.9. The van der Waals surface area contributed by atoms with Crippen molar-refractivity contribution >= 4 is 18.4 Å². The molecule has 0 saturated heterocycles. The topological polar surface area (TPSA) is 79.0 Å². The van der Waals surface area contributed by atoms with E-state index in [2.05, 4.69) is 32.7 Å². The Morgan fingerprint density at radius 1 is 1.31 bits per heavy atom. The van der Waals surface area contributed by atoms with Crippen LogP contribution in [0.3, 0.4) is 0 Å². The third-order valence-corrected chi connectivity index (χ3v) is 1.28. The smallest absolute Gasteiger partial charge is 0.844 e. The molecular weight excluding hydrogens is 212 g/mol. The molecule has 0 aliphatic carbocycles. The van der Waals surface area contributed by atoms with Gasteiger partial charge in [-0.1, -0.05) is 0 Å². The molecule has 2 aromatic rings. The van der Waals surface area contributed by atoms with Crippen LogP contribution >= 0.6 is 0 Å². The van der Waals surface area contributed by atoms with Crippen LogP contribution in [-0.4, -0.2) is 24.6 Å². The first kappa shape index (κ1) is 13.5. The fourth-order valence-electron chi connectivity index (χ4n) is 0.686. The molecule has 0 aliphatic heterocycles. The summed E-state index contributed by atoms with van der Waals surface area (Å²) in [6.07, 6.45) is 1.22. The normalized spacial score (nSPS) is 8.92. The van der Waals surface area contributed by atoms with Gasteiger partial charge in [0.25, 0.3) is 5.78 Å². The third-order valence-electron chi connectivity index (χ3n) is 1.10. The number of aromatic nitrogens is 5. The Labute approximate surface area is 123 Å². The number of hydrogen-bond donors (Lipinski definition) is 0. The van der Waals surface area contributed by atoms with E-state index in [1.807, 2.05) is 0 Å². The predicted octanol–water partition coefficient (Wildman–Crippen LogP) is -7.49. The quantitative estimate of drug-likeness (QED) is 0.319. The Hall–Kier alpha value is 0.500. The minimum Gasteiger partial charge on any atom is -0.844 e. The van der Waals surface area contributed by atoms with Crippen LogP contribution in [0.1, 0.15) is 0 Å². The summed E-state index contributed by atoms with van der Waals surface area (Å²) >= 11 is 4.59. The first-order valence-corrected chi connectivity index (χ1v) is 3.10. The van der Waals surface area contributed by atoms with Crippen LogP contribution in [0.15, 0.2) is 11.5 Å². The van der Waals surface area contributed by atoms with Crippen molar-refractivity contribution in [2.24, 2.45) is 0 Å². The number of nitrogens with zero attached hydrogens (tertiary/aromatic N) is 5. The van der Waals surface area contributed by atoms with Gasteiger partial charge in [0.05, 0.1) is 6.01 Å². The Morgan fingerprint density at radius 3 is 2.69 bits per heavy atom. The third kappa shape index (κ3) is 2.72. The Bertz CT molecular complexity index is 406. The zero-order chi connectivity index (χ0) is 7.84. The Balaban J connectivity index is 0.000000720. The van der Waals surface area contributed by atoms with Gasteiger partial charge in [-0.05, 0) is 0 Å². The first-order valence-electron chi connectivity index (χ1n) is 2.69. The van der Waals surface area contributed by atoms with Crippen LogP contribution in [0.5, 0.6) is 6.01 Å². The molecule has 0 unspecified atom stereocenters. The molecule has 0 N–H and O–H groups in total. The summed E-state index contributed by atoms with van der Waals surface area (Å²) in [7, 11) is 0. The molecule has 0 radical (unpaired) electrons. The molecule has 2 heterocycles. The molecule has 0 fully saturated rings. The van der Waals surface area contributed by atoms with E-state index >= 15 is 0 Å². The van der Waals surface area contributed by atoms with Gasteiger partial charge in [0.15, 0.2) is 0 Å². The molecule has 0 aliphatic rings. The van der Waals surface area contributed by atoms with Gasteiger partial charge in [0.1, 0.15) is 6.33 Å². The summed E-state index contributed by atoms with van der Waals surface area (Å²) in [6.45, 7) is 0. The van der Waals surface area contributed by atoms with Crippen molar-refractivity contribution < 1.29 is 64.2 Å². The summed E-state index contributed by atoms with van der Waals surface area (Å²) < 4.78 is 0.982. The van der Waals surface area contributed by atoms with Gasteiger partial charge in [-0.25, -0.2) is 4.98 Å². The number of rotatable bonds is 0. The largest absolute Gasteiger partial charge is 1.00 e. The average Bonchev–Trinajstić information content (AvgIpc) is 2.34. The van der Waals surface area contributed by atoms with Crippen LogP contribution < -0.4 is 64.2 Å². The van der Waals surface area contributed by atoms with E-state index in [-0.39, 0.29) is 70.0 Å². The fourth-order valence-corrected chi connectivity index (χ4v) is 0.846. The van der Waals surface area contributed by atoms with Crippen LogP contribution in [0.25, 0.3) is 5.78 Å². The van der Waals surface area contributed by atoms with Crippen LogP contribution in [-0.2, 0) is 12.6 Å². The van der Waals surface area contributed by atoms with Gasteiger partial charge in [0.2, 0.25) is 0 Å². The molecule has 0 spiro atoms. The molecule has 2 rings (SSSR count). The van der Waals surface area contributed by atoms with E-state index in [9.17, 15) is 5.11 Å². The molecule has 0 amide bonds. The van der Waals surface area contributed by atoms with Crippen molar-refractivity contribution in [1.29, 1.82) is 0 Å². The molecule has 6 nitrogen and oxygen atoms in total. The molecule has 13 heavy (non-hydrogen) atoms. The maximum atomic E-state index is 10.9. The van der Waals surface area contributed by atoms with E-state index in [4.69, 9.17) is 0 Å². The van der Waals surface area contributed by atoms with Gasteiger partial charge in [-0.3, -0.25) is 4.98 Å². The van der Waals surface area contributed by atoms with Crippen molar-refractivity contribution in [3.8, 4) is 6.01 Å². The molecule has 0 bridgehead atoms. The molecule has 9 heteroatoms. The molecule has 0 atom stereocenters. The second-order valence-corrected chi connectivity index (χ2v) is 2.13. The van der Waals surface area contributed by atoms with Gasteiger partial charge in [-0.2, -0.15) is 14.6 Å². The van der Waals surface area contributed by atoms with E-state index in [0.717, 1.165) is 4.52 Å². The van der Waals surface area contributed by atoms with E-state index < -0.39 is 6.01 Å². The zero-order valence-electron chi connectivity index (χ0n) is 7.13. The van der Waals surface area contributed by atoms with Gasteiger partial charge in [-0.15, -0.1) is 0 Å². The van der Waals surface area contributed by atoms with Crippen molar-refractivity contribution in [3.05, 3.63) is 6.33 Å². The van der Waals surface area contributed by atoms with Crippen molar-refractivity contribution in [1.82, 2.24) is 24.6 Å². The minimum absolute atomic E-state index is 0. The molecule has 0 aromatic carbocycles. The average molecular weight is 213 g/mol. The zero-order valence-corrected chi connectivity index (χ0v) is 11.9. The predicted molar refractivity (Wildman–Crippen MR) is 33.7 cm³/mol. The van der Waals surface area contributed by atoms with E-state index in [0.29, 0.717) is 0 Å². The van der Waals surface area contributed by atoms with Crippen LogP contribution in [0.4, 0.5) is 0 Å². The van der Waals surface area contributed by atoms with Crippen molar-refractivity contribution in [2.45, 2.75) is 5.16 Å². The monoisotopic (exact) mass is 213 g/mol. The van der Waals surface area contributed by atoms with Crippen LogP contribution in [0, 0.1) is 0 Å². The summed E-state index contributed by atoms with van der Waals surface area (Å²) in [5.74, 6) is 0.190. The minimum atomic E-state index is -0.544. The molecule has 0 saturated carbocycles. The SMILES string of the molecule is [Na+].[Na+].[O-]c1nc([S-])nc2ncnn12. The Morgan fingerprint density at radius 2 is 2.00 bits per heavy atom. The second kappa shape index (κ2) is 5.40. The number of hydrogen-bond acceptors (Lipinski definition) is 6.